The molecule has 2 fully saturated rings. The van der Waals surface area contributed by atoms with Crippen LogP contribution in [0.25, 0.3) is 0 Å². The van der Waals surface area contributed by atoms with Crippen molar-refractivity contribution in [3.63, 3.8) is 0 Å². The predicted molar refractivity (Wildman–Crippen MR) is 134 cm³/mol. The molecule has 4 N–H and O–H groups in total. The van der Waals surface area contributed by atoms with Crippen molar-refractivity contribution >= 4 is 29.4 Å². The molecule has 3 aliphatic rings. The number of carboxylic acid groups (broad SMARTS) is 1. The molecule has 4 rings (SSSR count). The second-order valence-electron chi connectivity index (χ2n) is 10.3. The lowest BCUT2D eigenvalue weighted by atomic mass is 9.75. The van der Waals surface area contributed by atoms with Crippen LogP contribution in [0.1, 0.15) is 57.4 Å². The van der Waals surface area contributed by atoms with Gasteiger partial charge in [-0.3, -0.25) is 19.9 Å². The fourth-order valence-electron chi connectivity index (χ4n) is 5.27. The van der Waals surface area contributed by atoms with Crippen LogP contribution >= 0.6 is 0 Å². The SMILES string of the molecule is CC1(C(=O)NC(Cc2ccc(N3CCC(C(=O)NC4=NCCN4)CC3)cc2)C(=O)O)CCCCC1. The largest absolute Gasteiger partial charge is 0.480 e. The molecule has 1 aromatic carbocycles. The third kappa shape index (κ3) is 6.32. The molecular formula is C26H37N5O4. The van der Waals surface area contributed by atoms with Gasteiger partial charge >= 0.3 is 5.97 Å². The normalized spacial score (nSPS) is 20.9. The van der Waals surface area contributed by atoms with Crippen molar-refractivity contribution in [2.45, 2.75) is 64.3 Å². The molecule has 2 heterocycles. The molecule has 9 heteroatoms. The zero-order valence-electron chi connectivity index (χ0n) is 20.5. The molecule has 35 heavy (non-hydrogen) atoms. The van der Waals surface area contributed by atoms with Gasteiger partial charge in [0.1, 0.15) is 6.04 Å². The average molecular weight is 484 g/mol. The maximum Gasteiger partial charge on any atom is 0.326 e. The number of piperidine rings is 1. The molecule has 2 amide bonds. The van der Waals surface area contributed by atoms with Crippen LogP contribution < -0.4 is 20.9 Å². The molecule has 1 saturated carbocycles. The molecule has 2 aliphatic heterocycles. The molecule has 0 radical (unpaired) electrons. The van der Waals surface area contributed by atoms with Gasteiger partial charge in [0.25, 0.3) is 0 Å². The fraction of sp³-hybridized carbons (Fsp3) is 0.615. The lowest BCUT2D eigenvalue weighted by Crippen LogP contribution is -2.49. The Morgan fingerprint density at radius 1 is 1.14 bits per heavy atom. The summed E-state index contributed by atoms with van der Waals surface area (Å²) in [7, 11) is 0. The predicted octanol–water partition coefficient (Wildman–Crippen LogP) is 2.06. The highest BCUT2D eigenvalue weighted by molar-refractivity contribution is 5.98. The molecule has 1 saturated heterocycles. The topological polar surface area (TPSA) is 123 Å². The third-order valence-electron chi connectivity index (χ3n) is 7.63. The number of carbonyl (C=O) groups is 3. The van der Waals surface area contributed by atoms with E-state index in [9.17, 15) is 19.5 Å². The molecule has 9 nitrogen and oxygen atoms in total. The fourth-order valence-corrected chi connectivity index (χ4v) is 5.27. The van der Waals surface area contributed by atoms with E-state index >= 15 is 0 Å². The van der Waals surface area contributed by atoms with Crippen molar-refractivity contribution < 1.29 is 19.5 Å². The number of aliphatic imine (C=N–C) groups is 1. The van der Waals surface area contributed by atoms with Crippen molar-refractivity contribution in [1.29, 1.82) is 0 Å². The van der Waals surface area contributed by atoms with Crippen LogP contribution in [0.5, 0.6) is 0 Å². The van der Waals surface area contributed by atoms with Gasteiger partial charge in [0, 0.05) is 43.1 Å². The first-order valence-electron chi connectivity index (χ1n) is 12.8. The van der Waals surface area contributed by atoms with Crippen molar-refractivity contribution in [2.75, 3.05) is 31.1 Å². The highest BCUT2D eigenvalue weighted by Gasteiger charge is 2.36. The Morgan fingerprint density at radius 2 is 1.83 bits per heavy atom. The highest BCUT2D eigenvalue weighted by Crippen LogP contribution is 2.36. The molecular weight excluding hydrogens is 446 g/mol. The summed E-state index contributed by atoms with van der Waals surface area (Å²) in [5.74, 6) is -0.583. The van der Waals surface area contributed by atoms with Gasteiger partial charge in [-0.05, 0) is 43.4 Å². The van der Waals surface area contributed by atoms with Crippen LogP contribution in [0.2, 0.25) is 0 Å². The van der Waals surface area contributed by atoms with E-state index in [-0.39, 0.29) is 24.2 Å². The van der Waals surface area contributed by atoms with E-state index in [2.05, 4.69) is 25.8 Å². The maximum atomic E-state index is 12.8. The molecule has 190 valence electrons. The Bertz CT molecular complexity index is 947. The summed E-state index contributed by atoms with van der Waals surface area (Å²) in [6.45, 7) is 4.97. The summed E-state index contributed by atoms with van der Waals surface area (Å²) in [5.41, 5.74) is 1.45. The van der Waals surface area contributed by atoms with Crippen LogP contribution in [0.3, 0.4) is 0 Å². The lowest BCUT2D eigenvalue weighted by molar-refractivity contribution is -0.144. The smallest absolute Gasteiger partial charge is 0.326 e. The molecule has 0 spiro atoms. The van der Waals surface area contributed by atoms with Gasteiger partial charge in [0.15, 0.2) is 5.96 Å². The number of hydrogen-bond donors (Lipinski definition) is 4. The number of carbonyl (C=O) groups excluding carboxylic acids is 2. The van der Waals surface area contributed by atoms with E-state index < -0.39 is 17.4 Å². The number of amides is 2. The second-order valence-corrected chi connectivity index (χ2v) is 10.3. The molecule has 1 unspecified atom stereocenters. The Kier molecular flexibility index (Phi) is 7.93. The zero-order chi connectivity index (χ0) is 24.8. The van der Waals surface area contributed by atoms with E-state index in [0.717, 1.165) is 75.8 Å². The molecule has 1 aliphatic carbocycles. The molecule has 0 bridgehead atoms. The summed E-state index contributed by atoms with van der Waals surface area (Å²) in [4.78, 5) is 43.6. The number of hydrogen-bond acceptors (Lipinski definition) is 6. The molecule has 1 atom stereocenters. The minimum absolute atomic E-state index is 0.0250. The Balaban J connectivity index is 1.29. The Hall–Kier alpha value is -3.10. The van der Waals surface area contributed by atoms with E-state index in [0.29, 0.717) is 12.5 Å². The van der Waals surface area contributed by atoms with Gasteiger partial charge in [-0.2, -0.15) is 0 Å². The summed E-state index contributed by atoms with van der Waals surface area (Å²) < 4.78 is 0. The summed E-state index contributed by atoms with van der Waals surface area (Å²) >= 11 is 0. The highest BCUT2D eigenvalue weighted by atomic mass is 16.4. The Morgan fingerprint density at radius 3 is 2.43 bits per heavy atom. The van der Waals surface area contributed by atoms with E-state index in [4.69, 9.17) is 0 Å². The van der Waals surface area contributed by atoms with Gasteiger partial charge in [-0.1, -0.05) is 38.3 Å². The Labute approximate surface area is 206 Å². The number of guanidine groups is 1. The van der Waals surface area contributed by atoms with Crippen molar-refractivity contribution in [2.24, 2.45) is 16.3 Å². The van der Waals surface area contributed by atoms with Crippen molar-refractivity contribution in [3.05, 3.63) is 29.8 Å². The zero-order valence-corrected chi connectivity index (χ0v) is 20.5. The van der Waals surface area contributed by atoms with Crippen LogP contribution in [-0.4, -0.2) is 61.1 Å². The number of benzene rings is 1. The van der Waals surface area contributed by atoms with Crippen LogP contribution in [0, 0.1) is 11.3 Å². The number of aliphatic carboxylic acids is 1. The first-order valence-corrected chi connectivity index (χ1v) is 12.8. The van der Waals surface area contributed by atoms with Crippen molar-refractivity contribution in [1.82, 2.24) is 16.0 Å². The number of nitrogens with zero attached hydrogens (tertiary/aromatic N) is 2. The first kappa shape index (κ1) is 25.0. The quantitative estimate of drug-likeness (QED) is 0.471. The van der Waals surface area contributed by atoms with Gasteiger partial charge in [0.05, 0.1) is 6.54 Å². The third-order valence-corrected chi connectivity index (χ3v) is 7.63. The second kappa shape index (κ2) is 11.1. The van der Waals surface area contributed by atoms with Crippen LogP contribution in [0.15, 0.2) is 29.3 Å². The summed E-state index contributed by atoms with van der Waals surface area (Å²) in [6, 6.07) is 6.91. The lowest BCUT2D eigenvalue weighted by Gasteiger charge is -2.33. The number of nitrogens with one attached hydrogen (secondary N) is 3. The average Bonchev–Trinajstić information content (AvgIpc) is 3.37. The first-order chi connectivity index (χ1) is 16.8. The number of rotatable bonds is 7. The van der Waals surface area contributed by atoms with Gasteiger partial charge in [-0.25, -0.2) is 4.79 Å². The van der Waals surface area contributed by atoms with Gasteiger partial charge < -0.3 is 20.6 Å². The standard InChI is InChI=1S/C26H37N5O4/c1-26(11-3-2-4-12-26)24(35)29-21(23(33)34)17-18-5-7-20(8-6-18)31-15-9-19(10-16-31)22(32)30-25-27-13-14-28-25/h5-8,19,21H,2-4,9-17H2,1H3,(H,29,35)(H,33,34)(H2,27,28,30,32). The van der Waals surface area contributed by atoms with E-state index in [1.165, 1.54) is 0 Å². The van der Waals surface area contributed by atoms with Crippen LogP contribution in [0.4, 0.5) is 5.69 Å². The summed E-state index contributed by atoms with van der Waals surface area (Å²) in [6.07, 6.45) is 6.57. The van der Waals surface area contributed by atoms with Gasteiger partial charge in [0.2, 0.25) is 11.8 Å². The molecule has 1 aromatic rings. The number of anilines is 1. The van der Waals surface area contributed by atoms with Gasteiger partial charge in [-0.15, -0.1) is 0 Å². The van der Waals surface area contributed by atoms with E-state index in [1.807, 2.05) is 31.2 Å². The summed E-state index contributed by atoms with van der Waals surface area (Å²) in [5, 5.41) is 18.5. The van der Waals surface area contributed by atoms with Crippen molar-refractivity contribution in [3.8, 4) is 0 Å². The van der Waals surface area contributed by atoms with Crippen LogP contribution in [-0.2, 0) is 20.8 Å². The monoisotopic (exact) mass is 483 g/mol. The van der Waals surface area contributed by atoms with E-state index in [1.54, 1.807) is 0 Å². The molecule has 0 aromatic heterocycles. The number of carboxylic acids is 1. The maximum absolute atomic E-state index is 12.8. The minimum atomic E-state index is -1.01. The minimum Gasteiger partial charge on any atom is -0.480 e.